The van der Waals surface area contributed by atoms with E-state index in [2.05, 4.69) is 17.2 Å². The van der Waals surface area contributed by atoms with Gasteiger partial charge in [-0.1, -0.05) is 58.5 Å². The number of nitrogens with one attached hydrogen (secondary N) is 2. The summed E-state index contributed by atoms with van der Waals surface area (Å²) in [4.78, 5) is 40.8. The van der Waals surface area contributed by atoms with Crippen molar-refractivity contribution in [1.82, 2.24) is 15.5 Å². The molecule has 0 spiro atoms. The quantitative estimate of drug-likeness (QED) is 0.393. The number of anilines is 1. The van der Waals surface area contributed by atoms with Gasteiger partial charge in [-0.3, -0.25) is 9.59 Å². The largest absolute Gasteiger partial charge is 0.478 e. The molecule has 0 bridgehead atoms. The van der Waals surface area contributed by atoms with Crippen molar-refractivity contribution in [3.8, 4) is 0 Å². The fourth-order valence-corrected chi connectivity index (χ4v) is 4.09. The Hall–Kier alpha value is -3.13. The minimum Gasteiger partial charge on any atom is -0.478 e. The number of rotatable bonds is 12. The van der Waals surface area contributed by atoms with Gasteiger partial charge in [0.2, 0.25) is 11.8 Å². The predicted octanol–water partition coefficient (Wildman–Crippen LogP) is 3.01. The SMILES string of the molecule is C=C(c1ccccc1N(C)C)C(C)(C)C(NC)C(=O)NCC(=O)N(C)C(/C=C(\C)C(=O)O)C(C)C. The summed E-state index contributed by atoms with van der Waals surface area (Å²) in [5.74, 6) is -1.66. The molecule has 3 N–H and O–H groups in total. The molecule has 0 aliphatic heterocycles. The first-order valence-electron chi connectivity index (χ1n) is 11.7. The zero-order chi connectivity index (χ0) is 27.1. The fraction of sp³-hybridized carbons (Fsp3) is 0.519. The minimum absolute atomic E-state index is 0.00182. The smallest absolute Gasteiger partial charge is 0.331 e. The third-order valence-corrected chi connectivity index (χ3v) is 6.46. The van der Waals surface area contributed by atoms with Crippen molar-refractivity contribution in [2.45, 2.75) is 46.7 Å². The van der Waals surface area contributed by atoms with Crippen LogP contribution >= 0.6 is 0 Å². The average Bonchev–Trinajstić information content (AvgIpc) is 2.79. The van der Waals surface area contributed by atoms with Gasteiger partial charge in [0.15, 0.2) is 0 Å². The fourth-order valence-electron chi connectivity index (χ4n) is 4.09. The van der Waals surface area contributed by atoms with Crippen molar-refractivity contribution < 1.29 is 19.5 Å². The lowest BCUT2D eigenvalue weighted by Crippen LogP contribution is -2.54. The van der Waals surface area contributed by atoms with Crippen LogP contribution in [0.15, 0.2) is 42.5 Å². The summed E-state index contributed by atoms with van der Waals surface area (Å²) in [5.41, 5.74) is 2.26. The first-order chi connectivity index (χ1) is 16.2. The molecule has 0 aliphatic rings. The second-order valence-electron chi connectivity index (χ2n) is 9.95. The third kappa shape index (κ3) is 7.42. The van der Waals surface area contributed by atoms with E-state index in [1.807, 2.05) is 71.0 Å². The van der Waals surface area contributed by atoms with E-state index in [4.69, 9.17) is 0 Å². The van der Waals surface area contributed by atoms with Gasteiger partial charge in [0.05, 0.1) is 18.6 Å². The number of hydrogen-bond donors (Lipinski definition) is 3. The minimum atomic E-state index is -1.03. The molecule has 194 valence electrons. The van der Waals surface area contributed by atoms with Crippen LogP contribution in [0, 0.1) is 11.3 Å². The highest BCUT2D eigenvalue weighted by atomic mass is 16.4. The summed E-state index contributed by atoms with van der Waals surface area (Å²) >= 11 is 0. The van der Waals surface area contributed by atoms with Crippen molar-refractivity contribution >= 4 is 29.0 Å². The van der Waals surface area contributed by atoms with Gasteiger partial charge in [-0.05, 0) is 31.5 Å². The summed E-state index contributed by atoms with van der Waals surface area (Å²) in [6, 6.07) is 6.85. The van der Waals surface area contributed by atoms with E-state index in [1.165, 1.54) is 11.8 Å². The number of amides is 2. The van der Waals surface area contributed by atoms with Gasteiger partial charge >= 0.3 is 5.97 Å². The molecule has 8 nitrogen and oxygen atoms in total. The first-order valence-corrected chi connectivity index (χ1v) is 11.7. The lowest BCUT2D eigenvalue weighted by atomic mass is 9.74. The molecule has 0 aliphatic carbocycles. The summed E-state index contributed by atoms with van der Waals surface area (Å²) in [5, 5.41) is 15.0. The van der Waals surface area contributed by atoms with Crippen LogP contribution in [0.3, 0.4) is 0 Å². The Balaban J connectivity index is 3.03. The zero-order valence-corrected chi connectivity index (χ0v) is 22.6. The maximum Gasteiger partial charge on any atom is 0.331 e. The molecule has 8 heteroatoms. The lowest BCUT2D eigenvalue weighted by Gasteiger charge is -2.36. The lowest BCUT2D eigenvalue weighted by molar-refractivity contribution is -0.134. The van der Waals surface area contributed by atoms with Crippen molar-refractivity contribution in [2.24, 2.45) is 11.3 Å². The topological polar surface area (TPSA) is 102 Å². The van der Waals surface area contributed by atoms with Crippen LogP contribution in [0.4, 0.5) is 5.69 Å². The summed E-state index contributed by atoms with van der Waals surface area (Å²) < 4.78 is 0. The molecule has 35 heavy (non-hydrogen) atoms. The van der Waals surface area contributed by atoms with Gasteiger partial charge in [0, 0.05) is 43.4 Å². The molecule has 2 amide bonds. The average molecular weight is 487 g/mol. The Morgan fingerprint density at radius 2 is 1.71 bits per heavy atom. The van der Waals surface area contributed by atoms with Crippen LogP contribution < -0.4 is 15.5 Å². The van der Waals surface area contributed by atoms with E-state index >= 15 is 0 Å². The number of nitrogens with zero attached hydrogens (tertiary/aromatic N) is 2. The Labute approximate surface area is 210 Å². The van der Waals surface area contributed by atoms with Gasteiger partial charge in [-0.25, -0.2) is 4.79 Å². The second kappa shape index (κ2) is 12.5. The van der Waals surface area contributed by atoms with Gasteiger partial charge in [0.25, 0.3) is 0 Å². The summed E-state index contributed by atoms with van der Waals surface area (Å²) in [7, 11) is 7.24. The van der Waals surface area contributed by atoms with E-state index in [9.17, 15) is 19.5 Å². The second-order valence-corrected chi connectivity index (χ2v) is 9.95. The highest BCUT2D eigenvalue weighted by molar-refractivity contribution is 5.91. The summed E-state index contributed by atoms with van der Waals surface area (Å²) in [6.45, 7) is 13.3. The highest BCUT2D eigenvalue weighted by Crippen LogP contribution is 2.40. The van der Waals surface area contributed by atoms with Crippen molar-refractivity contribution in [2.75, 3.05) is 39.6 Å². The molecule has 0 radical (unpaired) electrons. The molecular formula is C27H42N4O4. The molecule has 0 saturated carbocycles. The molecule has 0 fully saturated rings. The highest BCUT2D eigenvalue weighted by Gasteiger charge is 2.38. The van der Waals surface area contributed by atoms with E-state index in [-0.39, 0.29) is 29.9 Å². The molecule has 1 aromatic rings. The van der Waals surface area contributed by atoms with Crippen LogP contribution in [-0.4, -0.2) is 74.6 Å². The molecule has 2 unspecified atom stereocenters. The number of hydrogen-bond acceptors (Lipinski definition) is 5. The zero-order valence-electron chi connectivity index (χ0n) is 22.6. The van der Waals surface area contributed by atoms with Gasteiger partial charge in [-0.2, -0.15) is 0 Å². The molecule has 2 atom stereocenters. The van der Waals surface area contributed by atoms with Gasteiger partial charge in [0.1, 0.15) is 0 Å². The van der Waals surface area contributed by atoms with Crippen molar-refractivity contribution in [3.05, 3.63) is 48.1 Å². The number of aliphatic carboxylic acids is 1. The molecular weight excluding hydrogens is 444 g/mol. The maximum absolute atomic E-state index is 13.2. The van der Waals surface area contributed by atoms with E-state index < -0.39 is 23.5 Å². The molecule has 1 aromatic carbocycles. The van der Waals surface area contributed by atoms with Crippen LogP contribution in [0.1, 0.15) is 40.2 Å². The molecule has 0 saturated heterocycles. The molecule has 0 heterocycles. The predicted molar refractivity (Wildman–Crippen MR) is 142 cm³/mol. The third-order valence-electron chi connectivity index (χ3n) is 6.46. The first kappa shape index (κ1) is 29.9. The van der Waals surface area contributed by atoms with Gasteiger partial charge < -0.3 is 25.5 Å². The number of carbonyl (C=O) groups excluding carboxylic acids is 2. The molecule has 1 rings (SSSR count). The van der Waals surface area contributed by atoms with Crippen molar-refractivity contribution in [1.29, 1.82) is 0 Å². The number of para-hydroxylation sites is 1. The van der Waals surface area contributed by atoms with Crippen LogP contribution in [0.5, 0.6) is 0 Å². The Morgan fingerprint density at radius 3 is 2.20 bits per heavy atom. The van der Waals surface area contributed by atoms with E-state index in [0.717, 1.165) is 16.8 Å². The number of likely N-dealkylation sites (N-methyl/N-ethyl adjacent to an activating group) is 2. The normalized spacial score (nSPS) is 13.7. The van der Waals surface area contributed by atoms with Crippen LogP contribution in [0.2, 0.25) is 0 Å². The number of carboxylic acids is 1. The maximum atomic E-state index is 13.2. The number of benzene rings is 1. The Kier molecular flexibility index (Phi) is 10.7. The monoisotopic (exact) mass is 486 g/mol. The molecule has 0 aromatic heterocycles. The number of carbonyl (C=O) groups is 3. The summed E-state index contributed by atoms with van der Waals surface area (Å²) in [6.07, 6.45) is 1.57. The Morgan fingerprint density at radius 1 is 1.14 bits per heavy atom. The van der Waals surface area contributed by atoms with Crippen molar-refractivity contribution in [3.63, 3.8) is 0 Å². The standard InChI is InChI=1S/C27H42N4O4/c1-17(2)22(15-18(3)26(34)35)31(10)23(32)16-29-25(33)24(28-7)27(5,6)19(4)20-13-11-12-14-21(20)30(8)9/h11-15,17,22,24,28H,4,16H2,1-3,5-10H3,(H,29,33)(H,34,35)/b18-15+. The number of carboxylic acid groups (broad SMARTS) is 1. The van der Waals surface area contributed by atoms with E-state index in [0.29, 0.717) is 0 Å². The van der Waals surface area contributed by atoms with Gasteiger partial charge in [-0.15, -0.1) is 0 Å². The Bertz CT molecular complexity index is 966. The van der Waals surface area contributed by atoms with Crippen LogP contribution in [-0.2, 0) is 14.4 Å². The van der Waals surface area contributed by atoms with Crippen LogP contribution in [0.25, 0.3) is 5.57 Å². The van der Waals surface area contributed by atoms with E-state index in [1.54, 1.807) is 20.2 Å².